The highest BCUT2D eigenvalue weighted by Crippen LogP contribution is 2.07. The van der Waals surface area contributed by atoms with E-state index in [0.29, 0.717) is 0 Å². The monoisotopic (exact) mass is 313 g/mol. The number of carbonyl (C=O) groups is 3. The maximum absolute atomic E-state index is 11.8. The van der Waals surface area contributed by atoms with Crippen molar-refractivity contribution in [3.8, 4) is 5.69 Å². The number of para-hydroxylation sites is 1. The number of carbonyl (C=O) groups excluding carboxylic acids is 3. The van der Waals surface area contributed by atoms with Crippen molar-refractivity contribution in [3.05, 3.63) is 48.3 Å². The summed E-state index contributed by atoms with van der Waals surface area (Å²) in [6.45, 7) is -0.0667. The third-order valence-corrected chi connectivity index (χ3v) is 3.39. The van der Waals surface area contributed by atoms with Crippen molar-refractivity contribution in [3.63, 3.8) is 0 Å². The lowest BCUT2D eigenvalue weighted by Crippen LogP contribution is -2.40. The minimum Gasteiger partial charge on any atom is -0.350 e. The van der Waals surface area contributed by atoms with Crippen molar-refractivity contribution >= 4 is 17.8 Å². The number of benzene rings is 1. The minimum absolute atomic E-state index is 0.0596. The maximum Gasteiger partial charge on any atom is 0.325 e. The molecule has 2 aromatic rings. The Balaban J connectivity index is 1.54. The summed E-state index contributed by atoms with van der Waals surface area (Å²) in [5, 5.41) is 9.26. The zero-order valence-electron chi connectivity index (χ0n) is 12.2. The van der Waals surface area contributed by atoms with Gasteiger partial charge in [0.2, 0.25) is 5.91 Å². The average molecular weight is 313 g/mol. The first-order valence-electron chi connectivity index (χ1n) is 7.07. The number of urea groups is 1. The maximum atomic E-state index is 11.8. The van der Waals surface area contributed by atoms with Crippen molar-refractivity contribution in [2.24, 2.45) is 0 Å². The molecule has 0 unspecified atom stereocenters. The summed E-state index contributed by atoms with van der Waals surface area (Å²) >= 11 is 0. The number of nitrogens with zero attached hydrogens (tertiary/aromatic N) is 3. The van der Waals surface area contributed by atoms with Crippen LogP contribution in [0.5, 0.6) is 0 Å². The molecular formula is C15H15N5O3. The fourth-order valence-electron chi connectivity index (χ4n) is 2.19. The highest BCUT2D eigenvalue weighted by molar-refractivity contribution is 6.04. The van der Waals surface area contributed by atoms with Gasteiger partial charge in [-0.2, -0.15) is 5.10 Å². The molecular weight excluding hydrogens is 298 g/mol. The van der Waals surface area contributed by atoms with Crippen LogP contribution in [0.25, 0.3) is 5.69 Å². The van der Waals surface area contributed by atoms with Gasteiger partial charge < -0.3 is 10.6 Å². The summed E-state index contributed by atoms with van der Waals surface area (Å²) in [6.07, 6.45) is 3.46. The van der Waals surface area contributed by atoms with Gasteiger partial charge in [-0.15, -0.1) is 0 Å². The lowest BCUT2D eigenvalue weighted by Gasteiger charge is -2.11. The van der Waals surface area contributed by atoms with Crippen LogP contribution in [0.2, 0.25) is 0 Å². The zero-order chi connectivity index (χ0) is 16.2. The van der Waals surface area contributed by atoms with Gasteiger partial charge in [-0.3, -0.25) is 14.5 Å². The summed E-state index contributed by atoms with van der Waals surface area (Å²) in [5.41, 5.74) is 1.74. The molecule has 8 heteroatoms. The zero-order valence-corrected chi connectivity index (χ0v) is 12.2. The number of hydrogen-bond acceptors (Lipinski definition) is 4. The molecule has 0 atom stereocenters. The van der Waals surface area contributed by atoms with E-state index >= 15 is 0 Å². The first-order valence-corrected chi connectivity index (χ1v) is 7.07. The molecule has 0 bridgehead atoms. The van der Waals surface area contributed by atoms with Crippen LogP contribution in [0.1, 0.15) is 5.56 Å². The Hall–Kier alpha value is -3.16. The molecule has 3 rings (SSSR count). The molecule has 23 heavy (non-hydrogen) atoms. The molecule has 118 valence electrons. The molecule has 0 spiro atoms. The quantitative estimate of drug-likeness (QED) is 0.762. The molecule has 1 fully saturated rings. The second kappa shape index (κ2) is 6.30. The van der Waals surface area contributed by atoms with E-state index in [1.165, 1.54) is 0 Å². The number of rotatable bonds is 5. The molecule has 0 radical (unpaired) electrons. The third-order valence-electron chi connectivity index (χ3n) is 3.39. The van der Waals surface area contributed by atoms with Crippen molar-refractivity contribution in [1.82, 2.24) is 25.3 Å². The van der Waals surface area contributed by atoms with Crippen LogP contribution in [0.4, 0.5) is 4.79 Å². The van der Waals surface area contributed by atoms with Gasteiger partial charge >= 0.3 is 6.03 Å². The standard InChI is InChI=1S/C15H15N5O3/c21-13(10-19-14(22)8-17-15(19)23)16-6-11-7-18-20(9-11)12-4-2-1-3-5-12/h1-5,7,9H,6,8,10H2,(H,16,21)(H,17,23). The Labute approximate surface area is 132 Å². The highest BCUT2D eigenvalue weighted by atomic mass is 16.2. The first-order chi connectivity index (χ1) is 11.1. The summed E-state index contributed by atoms with van der Waals surface area (Å²) in [5.74, 6) is -0.801. The van der Waals surface area contributed by atoms with Gasteiger partial charge in [0.15, 0.2) is 0 Å². The SMILES string of the molecule is O=C(CN1C(=O)CNC1=O)NCc1cnn(-c2ccccc2)c1. The predicted octanol–water partition coefficient (Wildman–Crippen LogP) is 0.0403. The summed E-state index contributed by atoms with van der Waals surface area (Å²) < 4.78 is 1.71. The summed E-state index contributed by atoms with van der Waals surface area (Å²) in [6, 6.07) is 9.05. The van der Waals surface area contributed by atoms with E-state index < -0.39 is 17.8 Å². The van der Waals surface area contributed by atoms with Gasteiger partial charge in [-0.05, 0) is 12.1 Å². The minimum atomic E-state index is -0.540. The molecule has 8 nitrogen and oxygen atoms in total. The van der Waals surface area contributed by atoms with E-state index in [1.54, 1.807) is 10.9 Å². The highest BCUT2D eigenvalue weighted by Gasteiger charge is 2.29. The fourth-order valence-corrected chi connectivity index (χ4v) is 2.19. The molecule has 1 aliphatic rings. The van der Waals surface area contributed by atoms with Gasteiger partial charge in [0, 0.05) is 18.3 Å². The van der Waals surface area contributed by atoms with E-state index in [1.807, 2.05) is 36.5 Å². The molecule has 1 aromatic heterocycles. The largest absolute Gasteiger partial charge is 0.350 e. The van der Waals surface area contributed by atoms with E-state index in [9.17, 15) is 14.4 Å². The van der Waals surface area contributed by atoms with Crippen LogP contribution < -0.4 is 10.6 Å². The Bertz CT molecular complexity index is 725. The summed E-state index contributed by atoms with van der Waals surface area (Å²) in [4.78, 5) is 35.5. The second-order valence-corrected chi connectivity index (χ2v) is 5.04. The van der Waals surface area contributed by atoms with Crippen LogP contribution in [-0.2, 0) is 16.1 Å². The lowest BCUT2D eigenvalue weighted by atomic mass is 10.3. The van der Waals surface area contributed by atoms with Crippen LogP contribution in [0, 0.1) is 0 Å². The summed E-state index contributed by atoms with van der Waals surface area (Å²) in [7, 11) is 0. The number of hydrogen-bond donors (Lipinski definition) is 2. The van der Waals surface area contributed by atoms with Gasteiger partial charge in [0.25, 0.3) is 5.91 Å². The molecule has 0 saturated carbocycles. The normalized spacial score (nSPS) is 14.0. The van der Waals surface area contributed by atoms with Crippen LogP contribution in [0.3, 0.4) is 0 Å². The van der Waals surface area contributed by atoms with Gasteiger partial charge in [0.05, 0.1) is 18.4 Å². The van der Waals surface area contributed by atoms with E-state index in [2.05, 4.69) is 15.7 Å². The van der Waals surface area contributed by atoms with Crippen LogP contribution in [0.15, 0.2) is 42.7 Å². The van der Waals surface area contributed by atoms with Gasteiger partial charge in [-0.25, -0.2) is 9.48 Å². The number of amides is 4. The fraction of sp³-hybridized carbons (Fsp3) is 0.200. The third kappa shape index (κ3) is 3.37. The molecule has 2 N–H and O–H groups in total. The topological polar surface area (TPSA) is 96.3 Å². The molecule has 1 aliphatic heterocycles. The Kier molecular flexibility index (Phi) is 4.05. The average Bonchev–Trinajstić information content (AvgIpc) is 3.16. The van der Waals surface area contributed by atoms with Gasteiger partial charge in [-0.1, -0.05) is 18.2 Å². The van der Waals surface area contributed by atoms with E-state index in [0.717, 1.165) is 16.2 Å². The van der Waals surface area contributed by atoms with E-state index in [4.69, 9.17) is 0 Å². The van der Waals surface area contributed by atoms with Crippen molar-refractivity contribution in [2.75, 3.05) is 13.1 Å². The van der Waals surface area contributed by atoms with Crippen LogP contribution >= 0.6 is 0 Å². The second-order valence-electron chi connectivity index (χ2n) is 5.04. The molecule has 4 amide bonds. The lowest BCUT2D eigenvalue weighted by molar-refractivity contribution is -0.130. The molecule has 1 saturated heterocycles. The smallest absolute Gasteiger partial charge is 0.325 e. The van der Waals surface area contributed by atoms with Gasteiger partial charge in [0.1, 0.15) is 6.54 Å². The van der Waals surface area contributed by atoms with Crippen molar-refractivity contribution < 1.29 is 14.4 Å². The van der Waals surface area contributed by atoms with E-state index in [-0.39, 0.29) is 19.6 Å². The molecule has 1 aromatic carbocycles. The number of aromatic nitrogens is 2. The Morgan fingerprint density at radius 1 is 1.26 bits per heavy atom. The van der Waals surface area contributed by atoms with Crippen LogP contribution in [-0.4, -0.2) is 45.6 Å². The predicted molar refractivity (Wildman–Crippen MR) is 80.5 cm³/mol. The Morgan fingerprint density at radius 2 is 2.04 bits per heavy atom. The first kappa shape index (κ1) is 14.8. The molecule has 0 aliphatic carbocycles. The number of nitrogens with one attached hydrogen (secondary N) is 2. The Morgan fingerprint density at radius 3 is 2.74 bits per heavy atom. The van der Waals surface area contributed by atoms with Crippen molar-refractivity contribution in [1.29, 1.82) is 0 Å². The van der Waals surface area contributed by atoms with Crippen molar-refractivity contribution in [2.45, 2.75) is 6.54 Å². The molecule has 2 heterocycles. The number of imide groups is 1.